The van der Waals surface area contributed by atoms with Gasteiger partial charge in [-0.3, -0.25) is 4.79 Å². The van der Waals surface area contributed by atoms with Crippen LogP contribution in [0.3, 0.4) is 0 Å². The highest BCUT2D eigenvalue weighted by Gasteiger charge is 2.49. The lowest BCUT2D eigenvalue weighted by atomic mass is 9.94. The number of rotatable bonds is 7. The Balaban J connectivity index is 1.11. The number of hydrogen-bond donors (Lipinski definition) is 3. The van der Waals surface area contributed by atoms with Gasteiger partial charge in [0.05, 0.1) is 31.7 Å². The summed E-state index contributed by atoms with van der Waals surface area (Å²) < 4.78 is 5.52. The van der Waals surface area contributed by atoms with E-state index in [-0.39, 0.29) is 44.5 Å². The van der Waals surface area contributed by atoms with E-state index >= 15 is 0 Å². The lowest BCUT2D eigenvalue weighted by molar-refractivity contribution is -0.181. The van der Waals surface area contributed by atoms with Gasteiger partial charge in [0.2, 0.25) is 5.91 Å². The number of benzene rings is 2. The number of amides is 2. The van der Waals surface area contributed by atoms with E-state index in [1.54, 1.807) is 5.38 Å². The van der Waals surface area contributed by atoms with Crippen LogP contribution in [0, 0.1) is 0 Å². The van der Waals surface area contributed by atoms with Crippen LogP contribution in [0.25, 0.3) is 11.1 Å². The highest BCUT2D eigenvalue weighted by Crippen LogP contribution is 2.44. The molecule has 1 saturated heterocycles. The maximum absolute atomic E-state index is 12.3. The van der Waals surface area contributed by atoms with E-state index in [1.807, 2.05) is 24.3 Å². The van der Waals surface area contributed by atoms with Crippen molar-refractivity contribution in [1.82, 2.24) is 15.2 Å². The molecule has 2 aliphatic rings. The smallest absolute Gasteiger partial charge is 0.407 e. The fourth-order valence-corrected chi connectivity index (χ4v) is 5.21. The molecule has 2 amide bonds. The average molecular weight is 494 g/mol. The standard InChI is InChI=1S/C25H23N3O6S/c29-22(28-13-25(33,14-28)23(30)31)9-15-12-35-21(27-15)10-26-24(32)34-11-20-18-7-3-1-5-16(18)17-6-2-4-8-19(17)20/h1-8,12,20,33H,9-11,13-14H2,(H,26,32)(H,30,31). The SMILES string of the molecule is O=C(NCc1nc(CC(=O)N2CC(O)(C(=O)O)C2)cs1)OCC1c2ccccc2-c2ccccc21. The molecule has 0 atom stereocenters. The Hall–Kier alpha value is -3.76. The number of fused-ring (bicyclic) bond motifs is 3. The minimum atomic E-state index is -1.87. The van der Waals surface area contributed by atoms with Gasteiger partial charge in [0.15, 0.2) is 5.60 Å². The van der Waals surface area contributed by atoms with Crippen molar-refractivity contribution < 1.29 is 29.3 Å². The number of carboxylic acid groups (broad SMARTS) is 1. The number of nitrogens with one attached hydrogen (secondary N) is 1. The van der Waals surface area contributed by atoms with Crippen LogP contribution in [0.15, 0.2) is 53.9 Å². The van der Waals surface area contributed by atoms with Gasteiger partial charge < -0.3 is 25.2 Å². The van der Waals surface area contributed by atoms with Crippen LogP contribution in [0.5, 0.6) is 0 Å². The van der Waals surface area contributed by atoms with Gasteiger partial charge in [-0.05, 0) is 22.3 Å². The molecule has 10 heteroatoms. The van der Waals surface area contributed by atoms with Crippen molar-refractivity contribution in [3.63, 3.8) is 0 Å². The summed E-state index contributed by atoms with van der Waals surface area (Å²) in [4.78, 5) is 41.2. The molecule has 1 aromatic heterocycles. The molecule has 0 unspecified atom stereocenters. The minimum absolute atomic E-state index is 0.00283. The van der Waals surface area contributed by atoms with Crippen LogP contribution in [0.4, 0.5) is 4.79 Å². The topological polar surface area (TPSA) is 129 Å². The maximum Gasteiger partial charge on any atom is 0.407 e. The lowest BCUT2D eigenvalue weighted by Crippen LogP contribution is -2.67. The molecule has 0 radical (unpaired) electrons. The van der Waals surface area contributed by atoms with Gasteiger partial charge in [-0.15, -0.1) is 11.3 Å². The second-order valence-corrected chi connectivity index (χ2v) is 9.62. The summed E-state index contributed by atoms with van der Waals surface area (Å²) in [7, 11) is 0. The molecule has 2 heterocycles. The number of alkyl carbamates (subject to hydrolysis) is 1. The third kappa shape index (κ3) is 4.50. The Labute approximate surface area is 205 Å². The highest BCUT2D eigenvalue weighted by molar-refractivity contribution is 7.09. The summed E-state index contributed by atoms with van der Waals surface area (Å²) in [6, 6.07) is 16.2. The van der Waals surface area contributed by atoms with Crippen LogP contribution in [-0.4, -0.2) is 63.4 Å². The molecule has 9 nitrogen and oxygen atoms in total. The number of nitrogens with zero attached hydrogens (tertiary/aromatic N) is 2. The van der Waals surface area contributed by atoms with Crippen molar-refractivity contribution in [3.8, 4) is 11.1 Å². The molecule has 0 saturated carbocycles. The molecular formula is C25H23N3O6S. The van der Waals surface area contributed by atoms with E-state index in [0.717, 1.165) is 22.3 Å². The first-order chi connectivity index (χ1) is 16.8. The molecule has 3 N–H and O–H groups in total. The largest absolute Gasteiger partial charge is 0.479 e. The molecule has 1 aliphatic heterocycles. The number of hydrogen-bond acceptors (Lipinski definition) is 7. The minimum Gasteiger partial charge on any atom is -0.479 e. The summed E-state index contributed by atoms with van der Waals surface area (Å²) in [6.07, 6.45) is -0.551. The number of ether oxygens (including phenoxy) is 1. The van der Waals surface area contributed by atoms with Gasteiger partial charge in [-0.2, -0.15) is 0 Å². The Morgan fingerprint density at radius 1 is 1.09 bits per heavy atom. The van der Waals surface area contributed by atoms with Crippen LogP contribution in [-0.2, 0) is 27.3 Å². The average Bonchev–Trinajstić information content (AvgIpc) is 3.41. The predicted molar refractivity (Wildman–Crippen MR) is 127 cm³/mol. The second-order valence-electron chi connectivity index (χ2n) is 8.67. The summed E-state index contributed by atoms with van der Waals surface area (Å²) >= 11 is 1.30. The first-order valence-electron chi connectivity index (χ1n) is 11.1. The van der Waals surface area contributed by atoms with E-state index in [2.05, 4.69) is 34.6 Å². The first kappa shape index (κ1) is 23.0. The van der Waals surface area contributed by atoms with E-state index in [9.17, 15) is 19.5 Å². The number of carbonyl (C=O) groups excluding carboxylic acids is 2. The van der Waals surface area contributed by atoms with Crippen LogP contribution < -0.4 is 5.32 Å². The number of aliphatic hydroxyl groups is 1. The van der Waals surface area contributed by atoms with Crippen molar-refractivity contribution in [1.29, 1.82) is 0 Å². The van der Waals surface area contributed by atoms with Crippen molar-refractivity contribution in [3.05, 3.63) is 75.7 Å². The Bertz CT molecular complexity index is 1250. The van der Waals surface area contributed by atoms with Crippen molar-refractivity contribution in [2.45, 2.75) is 24.5 Å². The van der Waals surface area contributed by atoms with E-state index in [4.69, 9.17) is 9.84 Å². The van der Waals surface area contributed by atoms with Gasteiger partial charge in [0.1, 0.15) is 11.6 Å². The molecule has 1 aliphatic carbocycles. The third-order valence-electron chi connectivity index (χ3n) is 6.31. The van der Waals surface area contributed by atoms with Crippen LogP contribution in [0.1, 0.15) is 27.7 Å². The zero-order valence-electron chi connectivity index (χ0n) is 18.6. The fourth-order valence-electron chi connectivity index (χ4n) is 4.47. The van der Waals surface area contributed by atoms with E-state index < -0.39 is 17.7 Å². The molecule has 5 rings (SSSR count). The summed E-state index contributed by atoms with van der Waals surface area (Å²) in [5.41, 5.74) is 3.26. The van der Waals surface area contributed by atoms with E-state index in [1.165, 1.54) is 16.2 Å². The Morgan fingerprint density at radius 3 is 2.34 bits per heavy atom. The zero-order chi connectivity index (χ0) is 24.6. The first-order valence-corrected chi connectivity index (χ1v) is 12.0. The number of thiazole rings is 1. The highest BCUT2D eigenvalue weighted by atomic mass is 32.1. The molecular weight excluding hydrogens is 470 g/mol. The molecule has 0 spiro atoms. The molecule has 0 bridgehead atoms. The van der Waals surface area contributed by atoms with E-state index in [0.29, 0.717) is 10.7 Å². The Kier molecular flexibility index (Phi) is 6.00. The van der Waals surface area contributed by atoms with Gasteiger partial charge in [0, 0.05) is 11.3 Å². The second kappa shape index (κ2) is 9.12. The number of likely N-dealkylation sites (tertiary alicyclic amines) is 1. The normalized spacial score (nSPS) is 15.6. The fraction of sp³-hybridized carbons (Fsp3) is 0.280. The molecule has 180 valence electrons. The quantitative estimate of drug-likeness (QED) is 0.461. The number of aromatic nitrogens is 1. The number of aliphatic carboxylic acids is 1. The molecule has 35 heavy (non-hydrogen) atoms. The third-order valence-corrected chi connectivity index (χ3v) is 7.21. The Morgan fingerprint density at radius 2 is 1.71 bits per heavy atom. The maximum atomic E-state index is 12.3. The van der Waals surface area contributed by atoms with Gasteiger partial charge in [-0.1, -0.05) is 48.5 Å². The van der Waals surface area contributed by atoms with Gasteiger partial charge in [0.25, 0.3) is 0 Å². The lowest BCUT2D eigenvalue weighted by Gasteiger charge is -2.43. The monoisotopic (exact) mass is 493 g/mol. The summed E-state index contributed by atoms with van der Waals surface area (Å²) in [5, 5.41) is 23.7. The molecule has 3 aromatic rings. The van der Waals surface area contributed by atoms with Gasteiger partial charge in [-0.25, -0.2) is 14.6 Å². The van der Waals surface area contributed by atoms with Gasteiger partial charge >= 0.3 is 12.1 Å². The van der Waals surface area contributed by atoms with Crippen molar-refractivity contribution in [2.75, 3.05) is 19.7 Å². The number of β-amino-alcohol motifs (C(OH)–C–C–N with tert-alkyl or cyclic N) is 1. The number of carboxylic acids is 1. The van der Waals surface area contributed by atoms with Crippen LogP contribution in [0.2, 0.25) is 0 Å². The summed E-state index contributed by atoms with van der Waals surface area (Å²) in [6.45, 7) is -0.0863. The van der Waals surface area contributed by atoms with Crippen molar-refractivity contribution in [2.24, 2.45) is 0 Å². The number of carbonyl (C=O) groups is 3. The summed E-state index contributed by atoms with van der Waals surface area (Å²) in [5.74, 6) is -1.67. The van der Waals surface area contributed by atoms with Crippen molar-refractivity contribution >= 4 is 29.3 Å². The predicted octanol–water partition coefficient (Wildman–Crippen LogP) is 2.38. The van der Waals surface area contributed by atoms with Crippen LogP contribution >= 0.6 is 11.3 Å². The molecule has 1 fully saturated rings. The zero-order valence-corrected chi connectivity index (χ0v) is 19.5. The molecule has 2 aromatic carbocycles.